The summed E-state index contributed by atoms with van der Waals surface area (Å²) in [5.74, 6) is 0.0761. The van der Waals surface area contributed by atoms with Gasteiger partial charge in [-0.1, -0.05) is 24.6 Å². The minimum absolute atomic E-state index is 0.189. The number of rotatable bonds is 9. The number of likely N-dealkylation sites (tertiary alicyclic amines) is 1. The molecule has 5 rings (SSSR count). The van der Waals surface area contributed by atoms with E-state index in [1.165, 1.54) is 31.0 Å². The number of benzene rings is 1. The quantitative estimate of drug-likeness (QED) is 0.382. The Labute approximate surface area is 229 Å². The second-order valence-corrected chi connectivity index (χ2v) is 10.2. The van der Waals surface area contributed by atoms with Crippen molar-refractivity contribution in [2.45, 2.75) is 51.2 Å². The van der Waals surface area contributed by atoms with E-state index in [1.807, 2.05) is 18.5 Å². The van der Waals surface area contributed by atoms with E-state index in [9.17, 15) is 15.0 Å². The van der Waals surface area contributed by atoms with Crippen LogP contribution in [-0.2, 0) is 17.8 Å². The molecule has 2 aliphatic rings. The van der Waals surface area contributed by atoms with E-state index in [1.54, 1.807) is 12.1 Å². The molecule has 1 amide bonds. The molecule has 3 heterocycles. The van der Waals surface area contributed by atoms with Crippen molar-refractivity contribution in [1.29, 1.82) is 0 Å². The summed E-state index contributed by atoms with van der Waals surface area (Å²) in [6.45, 7) is 2.57. The first kappa shape index (κ1) is 27.0. The lowest BCUT2D eigenvalue weighted by atomic mass is 9.93. The Kier molecular flexibility index (Phi) is 8.98. The average molecular weight is 529 g/mol. The van der Waals surface area contributed by atoms with Gasteiger partial charge in [-0.3, -0.25) is 14.7 Å². The predicted molar refractivity (Wildman–Crippen MR) is 151 cm³/mol. The number of nitrogens with one attached hydrogen (secondary N) is 1. The molecule has 0 spiro atoms. The number of ether oxygens (including phenoxy) is 1. The lowest BCUT2D eigenvalue weighted by Crippen LogP contribution is -2.29. The number of hydrogen-bond acceptors (Lipinski definition) is 7. The molecule has 3 N–H and O–H groups in total. The normalized spacial score (nSPS) is 15.8. The number of aliphatic hydroxyl groups excluding tert-OH is 2. The second-order valence-electron chi connectivity index (χ2n) is 10.2. The second kappa shape index (κ2) is 13.0. The first-order valence-corrected chi connectivity index (χ1v) is 13.8. The summed E-state index contributed by atoms with van der Waals surface area (Å²) in [6.07, 6.45) is 13.2. The van der Waals surface area contributed by atoms with Crippen LogP contribution in [-0.4, -0.2) is 63.4 Å². The molecular weight excluding hydrogens is 492 g/mol. The summed E-state index contributed by atoms with van der Waals surface area (Å²) >= 11 is 0. The van der Waals surface area contributed by atoms with Gasteiger partial charge in [-0.2, -0.15) is 0 Å². The van der Waals surface area contributed by atoms with Gasteiger partial charge in [0.15, 0.2) is 0 Å². The SMILES string of the molecule is O=C(Nc1ccc(OC(CO)CO)nc1)C1=CCCCc2ccc(-c3cncc(CN4CCCCC4)c3)cc21. The first-order valence-electron chi connectivity index (χ1n) is 13.8. The lowest BCUT2D eigenvalue weighted by Gasteiger charge is -2.26. The number of aryl methyl sites for hydroxylation is 1. The average Bonchev–Trinajstić information content (AvgIpc) is 3.19. The van der Waals surface area contributed by atoms with Crippen molar-refractivity contribution >= 4 is 17.2 Å². The largest absolute Gasteiger partial charge is 0.469 e. The Morgan fingerprint density at radius 1 is 0.974 bits per heavy atom. The van der Waals surface area contributed by atoms with Gasteiger partial charge in [-0.05, 0) is 85.6 Å². The minimum Gasteiger partial charge on any atom is -0.469 e. The number of amides is 1. The molecule has 0 atom stereocenters. The number of nitrogens with zero attached hydrogens (tertiary/aromatic N) is 3. The third-order valence-corrected chi connectivity index (χ3v) is 7.32. The number of aliphatic hydroxyl groups is 2. The van der Waals surface area contributed by atoms with Gasteiger partial charge in [0, 0.05) is 36.1 Å². The fourth-order valence-corrected chi connectivity index (χ4v) is 5.22. The number of hydrogen-bond donors (Lipinski definition) is 3. The van der Waals surface area contributed by atoms with Crippen molar-refractivity contribution in [2.24, 2.45) is 0 Å². The van der Waals surface area contributed by atoms with Crippen molar-refractivity contribution in [3.8, 4) is 17.0 Å². The topological polar surface area (TPSA) is 108 Å². The van der Waals surface area contributed by atoms with E-state index in [2.05, 4.69) is 44.5 Å². The number of carbonyl (C=O) groups is 1. The highest BCUT2D eigenvalue weighted by molar-refractivity contribution is 6.25. The van der Waals surface area contributed by atoms with Crippen LogP contribution in [0.4, 0.5) is 5.69 Å². The Morgan fingerprint density at radius 2 is 1.82 bits per heavy atom. The van der Waals surface area contributed by atoms with Gasteiger partial charge in [-0.25, -0.2) is 4.98 Å². The van der Waals surface area contributed by atoms with E-state index in [4.69, 9.17) is 4.74 Å². The van der Waals surface area contributed by atoms with E-state index in [0.717, 1.165) is 61.2 Å². The van der Waals surface area contributed by atoms with Gasteiger partial charge in [0.05, 0.1) is 25.1 Å². The number of pyridine rings is 2. The molecule has 39 heavy (non-hydrogen) atoms. The summed E-state index contributed by atoms with van der Waals surface area (Å²) in [5, 5.41) is 21.4. The van der Waals surface area contributed by atoms with Gasteiger partial charge in [0.2, 0.25) is 5.88 Å². The van der Waals surface area contributed by atoms with Crippen molar-refractivity contribution in [3.05, 3.63) is 77.8 Å². The molecule has 1 aliphatic carbocycles. The Morgan fingerprint density at radius 3 is 2.59 bits per heavy atom. The predicted octanol–water partition coefficient (Wildman–Crippen LogP) is 4.22. The molecule has 0 saturated carbocycles. The van der Waals surface area contributed by atoms with E-state index < -0.39 is 6.10 Å². The number of fused-ring (bicyclic) bond motifs is 1. The molecule has 204 valence electrons. The highest BCUT2D eigenvalue weighted by Gasteiger charge is 2.20. The molecule has 1 aliphatic heterocycles. The summed E-state index contributed by atoms with van der Waals surface area (Å²) < 4.78 is 5.42. The first-order chi connectivity index (χ1) is 19.1. The molecular formula is C31H36N4O4. The summed E-state index contributed by atoms with van der Waals surface area (Å²) in [5.41, 5.74) is 6.62. The van der Waals surface area contributed by atoms with Gasteiger partial charge < -0.3 is 20.3 Å². The number of allylic oxidation sites excluding steroid dienone is 1. The number of piperidine rings is 1. The Bertz CT molecular complexity index is 1300. The Balaban J connectivity index is 1.34. The zero-order chi connectivity index (χ0) is 27.0. The van der Waals surface area contributed by atoms with Gasteiger partial charge in [0.1, 0.15) is 6.10 Å². The van der Waals surface area contributed by atoms with Crippen LogP contribution in [0.15, 0.2) is 61.1 Å². The molecule has 1 fully saturated rings. The fraction of sp³-hybridized carbons (Fsp3) is 0.387. The van der Waals surface area contributed by atoms with Crippen molar-refractivity contribution < 1.29 is 19.7 Å². The fourth-order valence-electron chi connectivity index (χ4n) is 5.22. The molecule has 2 aromatic heterocycles. The van der Waals surface area contributed by atoms with Gasteiger partial charge in [-0.15, -0.1) is 0 Å². The van der Waals surface area contributed by atoms with Crippen LogP contribution in [0.2, 0.25) is 0 Å². The Hall–Kier alpha value is -3.59. The van der Waals surface area contributed by atoms with E-state index in [0.29, 0.717) is 11.3 Å². The van der Waals surface area contributed by atoms with Crippen molar-refractivity contribution in [2.75, 3.05) is 31.6 Å². The van der Waals surface area contributed by atoms with Crippen molar-refractivity contribution in [3.63, 3.8) is 0 Å². The van der Waals surface area contributed by atoms with Crippen LogP contribution in [0.1, 0.15) is 48.8 Å². The molecule has 0 radical (unpaired) electrons. The van der Waals surface area contributed by atoms with Crippen LogP contribution in [0.3, 0.4) is 0 Å². The maximum Gasteiger partial charge on any atom is 0.255 e. The molecule has 0 bridgehead atoms. The smallest absolute Gasteiger partial charge is 0.255 e. The summed E-state index contributed by atoms with van der Waals surface area (Å²) in [6, 6.07) is 11.9. The van der Waals surface area contributed by atoms with Gasteiger partial charge in [0.25, 0.3) is 5.91 Å². The minimum atomic E-state index is -0.736. The standard InChI is InChI=1S/C31H36N4O4/c36-20-27(21-37)39-30-11-10-26(18-33-30)34-31(38)28-7-3-2-6-23-8-9-24(15-29(23)28)25-14-22(16-32-17-25)19-35-12-4-1-5-13-35/h7-11,14-18,27,36-37H,1-6,12-13,19-21H2,(H,34,38). The van der Waals surface area contributed by atoms with E-state index in [-0.39, 0.29) is 25.0 Å². The van der Waals surface area contributed by atoms with Crippen LogP contribution in [0.25, 0.3) is 16.7 Å². The highest BCUT2D eigenvalue weighted by atomic mass is 16.5. The monoisotopic (exact) mass is 528 g/mol. The van der Waals surface area contributed by atoms with Gasteiger partial charge >= 0.3 is 0 Å². The molecule has 0 unspecified atom stereocenters. The number of aromatic nitrogens is 2. The van der Waals surface area contributed by atoms with E-state index >= 15 is 0 Å². The third kappa shape index (κ3) is 6.89. The molecule has 3 aromatic rings. The molecule has 1 aromatic carbocycles. The summed E-state index contributed by atoms with van der Waals surface area (Å²) in [4.78, 5) is 24.7. The van der Waals surface area contributed by atoms with Crippen LogP contribution in [0, 0.1) is 0 Å². The third-order valence-electron chi connectivity index (χ3n) is 7.32. The zero-order valence-electron chi connectivity index (χ0n) is 22.2. The number of anilines is 1. The number of carbonyl (C=O) groups excluding carboxylic acids is 1. The van der Waals surface area contributed by atoms with Crippen LogP contribution >= 0.6 is 0 Å². The maximum atomic E-state index is 13.4. The molecule has 8 nitrogen and oxygen atoms in total. The molecule has 1 saturated heterocycles. The summed E-state index contributed by atoms with van der Waals surface area (Å²) in [7, 11) is 0. The van der Waals surface area contributed by atoms with Crippen molar-refractivity contribution in [1.82, 2.24) is 14.9 Å². The molecule has 8 heteroatoms. The maximum absolute atomic E-state index is 13.4. The van der Waals surface area contributed by atoms with Crippen LogP contribution in [0.5, 0.6) is 5.88 Å². The highest BCUT2D eigenvalue weighted by Crippen LogP contribution is 2.32. The van der Waals surface area contributed by atoms with Crippen LogP contribution < -0.4 is 10.1 Å². The lowest BCUT2D eigenvalue weighted by molar-refractivity contribution is -0.111. The zero-order valence-corrected chi connectivity index (χ0v) is 22.2.